The molecule has 6 heteroatoms. The van der Waals surface area contributed by atoms with Crippen molar-refractivity contribution < 1.29 is 13.2 Å². The molecule has 0 saturated heterocycles. The minimum atomic E-state index is -3.33. The molecular formula is C17H28N2O3S. The zero-order chi connectivity index (χ0) is 17.8. The number of amides is 1. The van der Waals surface area contributed by atoms with Crippen molar-refractivity contribution in [2.24, 2.45) is 5.92 Å². The van der Waals surface area contributed by atoms with Gasteiger partial charge >= 0.3 is 0 Å². The van der Waals surface area contributed by atoms with Gasteiger partial charge in [0.25, 0.3) is 5.91 Å². The van der Waals surface area contributed by atoms with Gasteiger partial charge in [0, 0.05) is 24.4 Å². The van der Waals surface area contributed by atoms with Crippen LogP contribution in [0.4, 0.5) is 0 Å². The number of hydrogen-bond acceptors (Lipinski definition) is 4. The zero-order valence-electron chi connectivity index (χ0n) is 14.9. The van der Waals surface area contributed by atoms with E-state index in [0.29, 0.717) is 11.5 Å². The van der Waals surface area contributed by atoms with Crippen molar-refractivity contribution >= 4 is 15.7 Å². The summed E-state index contributed by atoms with van der Waals surface area (Å²) in [4.78, 5) is 14.8. The Bertz CT molecular complexity index is 642. The van der Waals surface area contributed by atoms with E-state index in [9.17, 15) is 13.2 Å². The van der Waals surface area contributed by atoms with Crippen molar-refractivity contribution in [3.05, 3.63) is 29.3 Å². The first-order valence-electron chi connectivity index (χ1n) is 7.77. The summed E-state index contributed by atoms with van der Waals surface area (Å²) in [6, 6.07) is 4.70. The van der Waals surface area contributed by atoms with Gasteiger partial charge in [0.15, 0.2) is 9.84 Å². The van der Waals surface area contributed by atoms with Crippen LogP contribution >= 0.6 is 0 Å². The maximum absolute atomic E-state index is 12.6. The lowest BCUT2D eigenvalue weighted by molar-refractivity contribution is 0.0923. The molecule has 0 aliphatic rings. The summed E-state index contributed by atoms with van der Waals surface area (Å²) in [5.74, 6) is 0.240. The Morgan fingerprint density at radius 2 is 1.87 bits per heavy atom. The van der Waals surface area contributed by atoms with Gasteiger partial charge < -0.3 is 10.2 Å². The summed E-state index contributed by atoms with van der Waals surface area (Å²) in [5, 5.41) is 3.04. The fourth-order valence-corrected chi connectivity index (χ4v) is 3.18. The molecule has 0 aliphatic carbocycles. The Morgan fingerprint density at radius 3 is 2.35 bits per heavy atom. The topological polar surface area (TPSA) is 66.5 Å². The number of likely N-dealkylation sites (N-methyl/N-ethyl adjacent to an activating group) is 1. The Morgan fingerprint density at radius 1 is 1.26 bits per heavy atom. The first-order valence-corrected chi connectivity index (χ1v) is 9.66. The van der Waals surface area contributed by atoms with Gasteiger partial charge in [0.05, 0.1) is 4.90 Å². The summed E-state index contributed by atoms with van der Waals surface area (Å²) in [6.45, 7) is 6.79. The van der Waals surface area contributed by atoms with E-state index in [1.165, 1.54) is 12.1 Å². The number of rotatable bonds is 7. The third kappa shape index (κ3) is 6.31. The Hall–Kier alpha value is -1.40. The molecule has 0 aromatic heterocycles. The highest BCUT2D eigenvalue weighted by Crippen LogP contribution is 2.16. The van der Waals surface area contributed by atoms with Gasteiger partial charge in [0.1, 0.15) is 0 Å². The third-order valence-corrected chi connectivity index (χ3v) is 4.67. The van der Waals surface area contributed by atoms with Crippen molar-refractivity contribution in [1.82, 2.24) is 10.2 Å². The van der Waals surface area contributed by atoms with E-state index in [0.717, 1.165) is 24.8 Å². The maximum Gasteiger partial charge on any atom is 0.251 e. The predicted molar refractivity (Wildman–Crippen MR) is 93.6 cm³/mol. The summed E-state index contributed by atoms with van der Waals surface area (Å²) in [7, 11) is 0.604. The van der Waals surface area contributed by atoms with Gasteiger partial charge in [-0.1, -0.05) is 19.9 Å². The molecule has 0 aliphatic heterocycles. The number of aryl methyl sites for hydroxylation is 1. The maximum atomic E-state index is 12.6. The average Bonchev–Trinajstić information content (AvgIpc) is 2.35. The lowest BCUT2D eigenvalue weighted by Crippen LogP contribution is -2.42. The molecule has 0 bridgehead atoms. The van der Waals surface area contributed by atoms with Gasteiger partial charge in [0.2, 0.25) is 0 Å². The quantitative estimate of drug-likeness (QED) is 0.825. The number of carbonyl (C=O) groups excluding carboxylic acids is 1. The fourth-order valence-electron chi connectivity index (χ4n) is 2.53. The Balaban J connectivity index is 3.03. The number of nitrogens with zero attached hydrogens (tertiary/aromatic N) is 1. The number of benzene rings is 1. The van der Waals surface area contributed by atoms with Crippen LogP contribution in [-0.4, -0.2) is 52.2 Å². The van der Waals surface area contributed by atoms with Gasteiger partial charge in [-0.25, -0.2) is 8.42 Å². The van der Waals surface area contributed by atoms with Crippen LogP contribution in [0.15, 0.2) is 23.1 Å². The number of nitrogens with one attached hydrogen (secondary N) is 1. The van der Waals surface area contributed by atoms with Crippen LogP contribution in [0.1, 0.15) is 36.2 Å². The van der Waals surface area contributed by atoms with Crippen LogP contribution in [0.2, 0.25) is 0 Å². The van der Waals surface area contributed by atoms with Crippen LogP contribution in [0.25, 0.3) is 0 Å². The standard InChI is InChI=1S/C17H28N2O3S/c1-12(2)9-14(11-19(4)5)18-17(20)16-10-15(23(6,21)22)8-7-13(16)3/h7-8,10,12,14H,9,11H2,1-6H3,(H,18,20). The number of carbonyl (C=O) groups is 1. The fraction of sp³-hybridized carbons (Fsp3) is 0.588. The summed E-state index contributed by atoms with van der Waals surface area (Å²) in [5.41, 5.74) is 1.18. The molecule has 0 fully saturated rings. The van der Waals surface area contributed by atoms with Crippen LogP contribution < -0.4 is 5.32 Å². The molecule has 1 amide bonds. The molecule has 0 spiro atoms. The highest BCUT2D eigenvalue weighted by Gasteiger charge is 2.19. The largest absolute Gasteiger partial charge is 0.348 e. The van der Waals surface area contributed by atoms with Crippen molar-refractivity contribution in [2.75, 3.05) is 26.9 Å². The second-order valence-electron chi connectivity index (χ2n) is 6.81. The smallest absolute Gasteiger partial charge is 0.251 e. The molecule has 130 valence electrons. The monoisotopic (exact) mass is 340 g/mol. The van der Waals surface area contributed by atoms with Crippen molar-refractivity contribution in [3.63, 3.8) is 0 Å². The van der Waals surface area contributed by atoms with E-state index in [2.05, 4.69) is 19.2 Å². The molecule has 1 aromatic rings. The molecule has 1 unspecified atom stereocenters. The highest BCUT2D eigenvalue weighted by atomic mass is 32.2. The van der Waals surface area contributed by atoms with Gasteiger partial charge in [-0.3, -0.25) is 4.79 Å². The summed E-state index contributed by atoms with van der Waals surface area (Å²) >= 11 is 0. The molecule has 0 heterocycles. The SMILES string of the molecule is Cc1ccc(S(C)(=O)=O)cc1C(=O)NC(CC(C)C)CN(C)C. The Kier molecular flexibility index (Phi) is 6.77. The van der Waals surface area contributed by atoms with E-state index >= 15 is 0 Å². The second kappa shape index (κ2) is 7.93. The van der Waals surface area contributed by atoms with E-state index in [1.54, 1.807) is 6.07 Å². The Labute approximate surface area is 140 Å². The van der Waals surface area contributed by atoms with Crippen molar-refractivity contribution in [1.29, 1.82) is 0 Å². The van der Waals surface area contributed by atoms with E-state index < -0.39 is 9.84 Å². The minimum Gasteiger partial charge on any atom is -0.348 e. The molecule has 23 heavy (non-hydrogen) atoms. The van der Waals surface area contributed by atoms with Gasteiger partial charge in [-0.05, 0) is 51.1 Å². The van der Waals surface area contributed by atoms with Crippen LogP contribution in [0.3, 0.4) is 0 Å². The highest BCUT2D eigenvalue weighted by molar-refractivity contribution is 7.90. The molecule has 1 rings (SSSR count). The predicted octanol–water partition coefficient (Wildman–Crippen LogP) is 2.10. The molecule has 1 atom stereocenters. The third-order valence-electron chi connectivity index (χ3n) is 3.56. The van der Waals surface area contributed by atoms with Crippen LogP contribution in [-0.2, 0) is 9.84 Å². The van der Waals surface area contributed by atoms with E-state index in [1.807, 2.05) is 25.9 Å². The zero-order valence-corrected chi connectivity index (χ0v) is 15.7. The van der Waals surface area contributed by atoms with E-state index in [4.69, 9.17) is 0 Å². The number of sulfone groups is 1. The lowest BCUT2D eigenvalue weighted by atomic mass is 10.0. The van der Waals surface area contributed by atoms with Crippen LogP contribution in [0.5, 0.6) is 0 Å². The van der Waals surface area contributed by atoms with Crippen molar-refractivity contribution in [3.8, 4) is 0 Å². The first-order chi connectivity index (χ1) is 10.5. The molecule has 0 radical (unpaired) electrons. The molecule has 5 nitrogen and oxygen atoms in total. The molecular weight excluding hydrogens is 312 g/mol. The average molecular weight is 340 g/mol. The number of hydrogen-bond donors (Lipinski definition) is 1. The second-order valence-corrected chi connectivity index (χ2v) is 8.83. The summed E-state index contributed by atoms with van der Waals surface area (Å²) in [6.07, 6.45) is 2.02. The first kappa shape index (κ1) is 19.6. The minimum absolute atomic E-state index is 0.0267. The molecule has 0 saturated carbocycles. The normalized spacial score (nSPS) is 13.4. The summed E-state index contributed by atoms with van der Waals surface area (Å²) < 4.78 is 23.4. The van der Waals surface area contributed by atoms with Gasteiger partial charge in [-0.2, -0.15) is 0 Å². The molecule has 1 aromatic carbocycles. The lowest BCUT2D eigenvalue weighted by Gasteiger charge is -2.24. The van der Waals surface area contributed by atoms with Gasteiger partial charge in [-0.15, -0.1) is 0 Å². The molecule has 1 N–H and O–H groups in total. The van der Waals surface area contributed by atoms with Crippen LogP contribution in [0, 0.1) is 12.8 Å². The van der Waals surface area contributed by atoms with E-state index in [-0.39, 0.29) is 16.8 Å². The van der Waals surface area contributed by atoms with Crippen molar-refractivity contribution in [2.45, 2.75) is 38.1 Å².